The number of amides is 1. The second-order valence-electron chi connectivity index (χ2n) is 10.2. The van der Waals surface area contributed by atoms with E-state index in [1.54, 1.807) is 16.9 Å². The van der Waals surface area contributed by atoms with E-state index in [9.17, 15) is 9.59 Å². The van der Waals surface area contributed by atoms with E-state index in [0.717, 1.165) is 41.9 Å². The number of likely N-dealkylation sites (tertiary alicyclic amines) is 1. The first-order chi connectivity index (χ1) is 19.6. The van der Waals surface area contributed by atoms with Gasteiger partial charge in [-0.1, -0.05) is 36.8 Å². The summed E-state index contributed by atoms with van der Waals surface area (Å²) in [5.74, 6) is 0.498. The number of pyridine rings is 1. The first-order valence-corrected chi connectivity index (χ1v) is 13.7. The molecule has 0 bridgehead atoms. The Bertz CT molecular complexity index is 1660. The van der Waals surface area contributed by atoms with Crippen molar-refractivity contribution in [1.29, 1.82) is 0 Å². The first-order valence-electron chi connectivity index (χ1n) is 13.7. The maximum Gasteiger partial charge on any atom is 0.258 e. The summed E-state index contributed by atoms with van der Waals surface area (Å²) < 4.78 is 7.74. The molecule has 1 amide bonds. The SMILES string of the molecule is O=C(Nc1c[nH]c(=O)c(-c2cc3cc(OCCN4CCCCC4)ccc3[nH]2)c1)c1cnn(Cc2ccccc2)c1. The van der Waals surface area contributed by atoms with Crippen molar-refractivity contribution in [3.05, 3.63) is 101 Å². The van der Waals surface area contributed by atoms with Crippen molar-refractivity contribution in [2.45, 2.75) is 25.8 Å². The number of nitrogens with zero attached hydrogens (tertiary/aromatic N) is 3. The van der Waals surface area contributed by atoms with Gasteiger partial charge in [0.05, 0.1) is 35.2 Å². The summed E-state index contributed by atoms with van der Waals surface area (Å²) >= 11 is 0. The quantitative estimate of drug-likeness (QED) is 0.249. The number of hydrogen-bond acceptors (Lipinski definition) is 5. The molecule has 0 atom stereocenters. The number of aromatic amines is 2. The van der Waals surface area contributed by atoms with E-state index in [1.165, 1.54) is 31.7 Å². The molecule has 1 fully saturated rings. The predicted molar refractivity (Wildman–Crippen MR) is 156 cm³/mol. The highest BCUT2D eigenvalue weighted by Crippen LogP contribution is 2.27. The summed E-state index contributed by atoms with van der Waals surface area (Å²) in [6.07, 6.45) is 8.59. The van der Waals surface area contributed by atoms with Crippen LogP contribution in [0.3, 0.4) is 0 Å². The second kappa shape index (κ2) is 11.6. The van der Waals surface area contributed by atoms with Crippen LogP contribution in [0.1, 0.15) is 35.2 Å². The Kier molecular flexibility index (Phi) is 7.45. The van der Waals surface area contributed by atoms with E-state index < -0.39 is 0 Å². The molecule has 0 radical (unpaired) electrons. The van der Waals surface area contributed by atoms with Crippen LogP contribution >= 0.6 is 0 Å². The average Bonchev–Trinajstić information content (AvgIpc) is 3.62. The van der Waals surface area contributed by atoms with Crippen molar-refractivity contribution in [2.75, 3.05) is 31.6 Å². The number of hydrogen-bond donors (Lipinski definition) is 3. The van der Waals surface area contributed by atoms with Crippen LogP contribution in [-0.4, -0.2) is 56.8 Å². The molecule has 40 heavy (non-hydrogen) atoms. The lowest BCUT2D eigenvalue weighted by atomic mass is 10.1. The summed E-state index contributed by atoms with van der Waals surface area (Å²) in [5.41, 5.74) is 3.75. The highest BCUT2D eigenvalue weighted by molar-refractivity contribution is 6.04. The molecule has 0 unspecified atom stereocenters. The van der Waals surface area contributed by atoms with Crippen molar-refractivity contribution in [1.82, 2.24) is 24.6 Å². The van der Waals surface area contributed by atoms with Crippen molar-refractivity contribution in [2.24, 2.45) is 0 Å². The number of piperidine rings is 1. The molecule has 4 heterocycles. The minimum absolute atomic E-state index is 0.252. The van der Waals surface area contributed by atoms with Gasteiger partial charge in [-0.2, -0.15) is 5.10 Å². The molecular weight excluding hydrogens is 504 g/mol. The molecule has 1 aliphatic rings. The number of ether oxygens (including phenoxy) is 1. The fourth-order valence-electron chi connectivity index (χ4n) is 5.12. The fourth-order valence-corrected chi connectivity index (χ4v) is 5.12. The van der Waals surface area contributed by atoms with Gasteiger partial charge < -0.3 is 20.0 Å². The molecule has 2 aromatic carbocycles. The number of H-pyrrole nitrogens is 2. The average molecular weight is 537 g/mol. The monoisotopic (exact) mass is 536 g/mol. The summed E-state index contributed by atoms with van der Waals surface area (Å²) in [7, 11) is 0. The summed E-state index contributed by atoms with van der Waals surface area (Å²) in [5, 5.41) is 8.12. The lowest BCUT2D eigenvalue weighted by Crippen LogP contribution is -2.33. The number of aromatic nitrogens is 4. The van der Waals surface area contributed by atoms with Crippen LogP contribution in [0.2, 0.25) is 0 Å². The van der Waals surface area contributed by atoms with Crippen LogP contribution in [0.15, 0.2) is 84.0 Å². The second-order valence-corrected chi connectivity index (χ2v) is 10.2. The van der Waals surface area contributed by atoms with E-state index in [0.29, 0.717) is 35.7 Å². The zero-order valence-corrected chi connectivity index (χ0v) is 22.2. The third-order valence-electron chi connectivity index (χ3n) is 7.25. The molecule has 0 aliphatic carbocycles. The zero-order valence-electron chi connectivity index (χ0n) is 22.2. The van der Waals surface area contributed by atoms with Crippen molar-refractivity contribution >= 4 is 22.5 Å². The molecule has 5 aromatic rings. The molecule has 1 saturated heterocycles. The molecular formula is C31H32N6O3. The summed E-state index contributed by atoms with van der Waals surface area (Å²) in [6.45, 7) is 4.45. The smallest absolute Gasteiger partial charge is 0.258 e. The van der Waals surface area contributed by atoms with Gasteiger partial charge in [0.2, 0.25) is 0 Å². The number of rotatable bonds is 9. The van der Waals surface area contributed by atoms with Crippen molar-refractivity contribution in [3.8, 4) is 17.0 Å². The maximum atomic E-state index is 12.9. The number of carbonyl (C=O) groups is 1. The minimum atomic E-state index is -0.305. The van der Waals surface area contributed by atoms with Gasteiger partial charge in [-0.05, 0) is 61.8 Å². The summed E-state index contributed by atoms with van der Waals surface area (Å²) in [6, 6.07) is 19.4. The van der Waals surface area contributed by atoms with Crippen LogP contribution in [0, 0.1) is 0 Å². The first kappa shape index (κ1) is 25.6. The van der Waals surface area contributed by atoms with Crippen LogP contribution < -0.4 is 15.6 Å². The van der Waals surface area contributed by atoms with Gasteiger partial charge in [-0.3, -0.25) is 19.2 Å². The van der Waals surface area contributed by atoms with E-state index in [-0.39, 0.29) is 11.5 Å². The van der Waals surface area contributed by atoms with Gasteiger partial charge >= 0.3 is 0 Å². The Morgan fingerprint density at radius 2 is 1.88 bits per heavy atom. The summed E-state index contributed by atoms with van der Waals surface area (Å²) in [4.78, 5) is 34.1. The molecule has 6 rings (SSSR count). The van der Waals surface area contributed by atoms with Crippen LogP contribution in [0.4, 0.5) is 5.69 Å². The molecule has 9 heteroatoms. The molecule has 9 nitrogen and oxygen atoms in total. The van der Waals surface area contributed by atoms with E-state index >= 15 is 0 Å². The molecule has 3 aromatic heterocycles. The van der Waals surface area contributed by atoms with Crippen LogP contribution in [0.25, 0.3) is 22.2 Å². The predicted octanol–water partition coefficient (Wildman–Crippen LogP) is 4.89. The number of carbonyl (C=O) groups excluding carboxylic acids is 1. The highest BCUT2D eigenvalue weighted by atomic mass is 16.5. The molecule has 3 N–H and O–H groups in total. The minimum Gasteiger partial charge on any atom is -0.492 e. The molecule has 1 aliphatic heterocycles. The van der Waals surface area contributed by atoms with Gasteiger partial charge in [0.25, 0.3) is 11.5 Å². The number of benzene rings is 2. The Hall–Kier alpha value is -4.63. The molecule has 0 saturated carbocycles. The van der Waals surface area contributed by atoms with E-state index in [4.69, 9.17) is 4.74 Å². The highest BCUT2D eigenvalue weighted by Gasteiger charge is 2.14. The number of anilines is 1. The zero-order chi connectivity index (χ0) is 27.3. The largest absolute Gasteiger partial charge is 0.492 e. The third kappa shape index (κ3) is 6.00. The Morgan fingerprint density at radius 1 is 1.02 bits per heavy atom. The number of nitrogens with one attached hydrogen (secondary N) is 3. The third-order valence-corrected chi connectivity index (χ3v) is 7.25. The lowest BCUT2D eigenvalue weighted by Gasteiger charge is -2.26. The lowest BCUT2D eigenvalue weighted by molar-refractivity contribution is 0.102. The van der Waals surface area contributed by atoms with Crippen LogP contribution in [0.5, 0.6) is 5.75 Å². The van der Waals surface area contributed by atoms with Gasteiger partial charge in [-0.15, -0.1) is 0 Å². The van der Waals surface area contributed by atoms with E-state index in [1.807, 2.05) is 54.6 Å². The van der Waals surface area contributed by atoms with Gasteiger partial charge in [0.15, 0.2) is 0 Å². The normalized spacial score (nSPS) is 13.9. The number of fused-ring (bicyclic) bond motifs is 1. The molecule has 204 valence electrons. The van der Waals surface area contributed by atoms with E-state index in [2.05, 4.69) is 25.3 Å². The fraction of sp³-hybridized carbons (Fsp3) is 0.258. The van der Waals surface area contributed by atoms with Crippen LogP contribution in [-0.2, 0) is 6.54 Å². The van der Waals surface area contributed by atoms with Gasteiger partial charge in [0, 0.05) is 29.8 Å². The molecule has 0 spiro atoms. The maximum absolute atomic E-state index is 12.9. The Morgan fingerprint density at radius 3 is 2.73 bits per heavy atom. The van der Waals surface area contributed by atoms with Crippen molar-refractivity contribution in [3.63, 3.8) is 0 Å². The van der Waals surface area contributed by atoms with Gasteiger partial charge in [-0.25, -0.2) is 0 Å². The van der Waals surface area contributed by atoms with Crippen molar-refractivity contribution < 1.29 is 9.53 Å². The Balaban J connectivity index is 1.13. The topological polar surface area (TPSA) is 108 Å². The Labute approximate surface area is 231 Å². The van der Waals surface area contributed by atoms with Gasteiger partial charge in [0.1, 0.15) is 12.4 Å². The standard InChI is InChI=1S/C31H32N6O3/c38-30(24-18-33-37(21-24)20-22-7-3-1-4-8-22)34-25-17-27(31(39)32-19-25)29-16-23-15-26(9-10-28(23)35-29)40-14-13-36-11-5-2-6-12-36/h1,3-4,7-10,15-19,21,35H,2,5-6,11-14,20H2,(H,32,39)(H,34,38).